The van der Waals surface area contributed by atoms with E-state index < -0.39 is 18.0 Å². The Balaban J connectivity index is 2.11. The summed E-state index contributed by atoms with van der Waals surface area (Å²) in [7, 11) is 0. The molecule has 2 rings (SSSR count). The normalized spacial score (nSPS) is 48.9. The van der Waals surface area contributed by atoms with Crippen LogP contribution in [0.1, 0.15) is 26.7 Å². The molecule has 0 bridgehead atoms. The van der Waals surface area contributed by atoms with Crippen LogP contribution in [0.15, 0.2) is 0 Å². The van der Waals surface area contributed by atoms with Crippen molar-refractivity contribution in [3.8, 4) is 0 Å². The van der Waals surface area contributed by atoms with Gasteiger partial charge in [0.2, 0.25) is 0 Å². The first-order valence-electron chi connectivity index (χ1n) is 4.71. The first-order chi connectivity index (χ1) is 5.99. The molecule has 0 amide bonds. The van der Waals surface area contributed by atoms with Crippen molar-refractivity contribution >= 4 is 0 Å². The van der Waals surface area contributed by atoms with Crippen LogP contribution in [0, 0.1) is 0 Å². The SMILES string of the molecule is CC1(C)O[C@H]2[C@H](O)[C@@H](O)CC[C@H]2O1. The average Bonchev–Trinajstić information content (AvgIpc) is 2.34. The van der Waals surface area contributed by atoms with Crippen molar-refractivity contribution in [2.24, 2.45) is 0 Å². The zero-order chi connectivity index (χ0) is 9.64. The van der Waals surface area contributed by atoms with Crippen LogP contribution in [-0.2, 0) is 9.47 Å². The summed E-state index contributed by atoms with van der Waals surface area (Å²) in [6, 6.07) is 0. The van der Waals surface area contributed by atoms with Crippen molar-refractivity contribution in [3.05, 3.63) is 0 Å². The van der Waals surface area contributed by atoms with Crippen LogP contribution in [0.2, 0.25) is 0 Å². The molecular weight excluding hydrogens is 172 g/mol. The summed E-state index contributed by atoms with van der Waals surface area (Å²) >= 11 is 0. The lowest BCUT2D eigenvalue weighted by Gasteiger charge is -2.31. The Hall–Kier alpha value is -0.160. The predicted molar refractivity (Wildman–Crippen MR) is 45.1 cm³/mol. The summed E-state index contributed by atoms with van der Waals surface area (Å²) < 4.78 is 11.1. The molecule has 2 fully saturated rings. The second-order valence-electron chi connectivity index (χ2n) is 4.27. The number of fused-ring (bicyclic) bond motifs is 1. The molecule has 2 aliphatic rings. The zero-order valence-corrected chi connectivity index (χ0v) is 7.93. The molecule has 4 heteroatoms. The molecule has 1 aliphatic carbocycles. The topological polar surface area (TPSA) is 58.9 Å². The first-order valence-corrected chi connectivity index (χ1v) is 4.71. The second-order valence-corrected chi connectivity index (χ2v) is 4.27. The largest absolute Gasteiger partial charge is 0.390 e. The van der Waals surface area contributed by atoms with Crippen molar-refractivity contribution in [1.82, 2.24) is 0 Å². The zero-order valence-electron chi connectivity index (χ0n) is 7.93. The summed E-state index contributed by atoms with van der Waals surface area (Å²) in [5.41, 5.74) is 0. The molecule has 1 saturated heterocycles. The molecule has 0 unspecified atom stereocenters. The molecule has 4 atom stereocenters. The number of ether oxygens (including phenoxy) is 2. The van der Waals surface area contributed by atoms with Gasteiger partial charge in [-0.1, -0.05) is 0 Å². The maximum absolute atomic E-state index is 9.63. The van der Waals surface area contributed by atoms with Gasteiger partial charge in [0.05, 0.1) is 12.2 Å². The lowest BCUT2D eigenvalue weighted by molar-refractivity contribution is -0.159. The van der Waals surface area contributed by atoms with Gasteiger partial charge in [-0.25, -0.2) is 0 Å². The maximum Gasteiger partial charge on any atom is 0.163 e. The van der Waals surface area contributed by atoms with Crippen molar-refractivity contribution < 1.29 is 19.7 Å². The van der Waals surface area contributed by atoms with E-state index in [2.05, 4.69) is 0 Å². The van der Waals surface area contributed by atoms with Crippen LogP contribution < -0.4 is 0 Å². The smallest absolute Gasteiger partial charge is 0.163 e. The Labute approximate surface area is 77.5 Å². The van der Waals surface area contributed by atoms with E-state index in [0.29, 0.717) is 6.42 Å². The number of aliphatic hydroxyl groups excluding tert-OH is 2. The van der Waals surface area contributed by atoms with E-state index in [9.17, 15) is 10.2 Å². The van der Waals surface area contributed by atoms with E-state index in [1.54, 1.807) is 0 Å². The summed E-state index contributed by atoms with van der Waals surface area (Å²) in [6.07, 6.45) is -0.555. The first kappa shape index (κ1) is 9.40. The number of rotatable bonds is 0. The lowest BCUT2D eigenvalue weighted by Crippen LogP contribution is -2.47. The van der Waals surface area contributed by atoms with Gasteiger partial charge in [0.25, 0.3) is 0 Å². The highest BCUT2D eigenvalue weighted by Crippen LogP contribution is 2.36. The van der Waals surface area contributed by atoms with Crippen LogP contribution in [0.25, 0.3) is 0 Å². The summed E-state index contributed by atoms with van der Waals surface area (Å²) in [5.74, 6) is -0.625. The Bertz CT molecular complexity index is 204. The quantitative estimate of drug-likeness (QED) is 0.562. The van der Waals surface area contributed by atoms with Crippen LogP contribution >= 0.6 is 0 Å². The van der Waals surface area contributed by atoms with Crippen LogP contribution in [-0.4, -0.2) is 40.4 Å². The molecule has 0 aromatic heterocycles. The molecule has 2 N–H and O–H groups in total. The van der Waals surface area contributed by atoms with Gasteiger partial charge in [-0.2, -0.15) is 0 Å². The van der Waals surface area contributed by atoms with Crippen molar-refractivity contribution in [1.29, 1.82) is 0 Å². The molecule has 4 nitrogen and oxygen atoms in total. The van der Waals surface area contributed by atoms with Gasteiger partial charge < -0.3 is 19.7 Å². The average molecular weight is 188 g/mol. The van der Waals surface area contributed by atoms with Crippen molar-refractivity contribution in [2.45, 2.75) is 56.9 Å². The maximum atomic E-state index is 9.63. The third-order valence-electron chi connectivity index (χ3n) is 2.70. The van der Waals surface area contributed by atoms with E-state index in [4.69, 9.17) is 9.47 Å². The Morgan fingerprint density at radius 2 is 1.85 bits per heavy atom. The standard InChI is InChI=1S/C9H16O4/c1-9(2)12-6-4-3-5(10)7(11)8(6)13-9/h5-8,10-11H,3-4H2,1-2H3/t5-,6+,7+,8+/m0/s1. The second kappa shape index (κ2) is 2.92. The van der Waals surface area contributed by atoms with Crippen LogP contribution in [0.3, 0.4) is 0 Å². The monoisotopic (exact) mass is 188 g/mol. The van der Waals surface area contributed by atoms with Gasteiger partial charge in [0, 0.05) is 0 Å². The number of hydrogen-bond acceptors (Lipinski definition) is 4. The number of aliphatic hydroxyl groups is 2. The van der Waals surface area contributed by atoms with Gasteiger partial charge in [-0.05, 0) is 26.7 Å². The summed E-state index contributed by atoms with van der Waals surface area (Å²) in [5, 5.41) is 19.0. The Morgan fingerprint density at radius 3 is 2.54 bits per heavy atom. The molecule has 0 radical (unpaired) electrons. The minimum Gasteiger partial charge on any atom is -0.390 e. The summed E-state index contributed by atoms with van der Waals surface area (Å²) in [4.78, 5) is 0. The molecule has 1 heterocycles. The van der Waals surface area contributed by atoms with Crippen molar-refractivity contribution in [3.63, 3.8) is 0 Å². The molecule has 1 aliphatic heterocycles. The van der Waals surface area contributed by atoms with Gasteiger partial charge in [0.15, 0.2) is 5.79 Å². The molecule has 0 aromatic rings. The Kier molecular flexibility index (Phi) is 2.11. The van der Waals surface area contributed by atoms with Crippen LogP contribution in [0.4, 0.5) is 0 Å². The Morgan fingerprint density at radius 1 is 1.15 bits per heavy atom. The third-order valence-corrected chi connectivity index (χ3v) is 2.70. The molecule has 0 aromatic carbocycles. The minimum atomic E-state index is -0.805. The third kappa shape index (κ3) is 1.59. The van der Waals surface area contributed by atoms with E-state index in [1.807, 2.05) is 13.8 Å². The molecular formula is C9H16O4. The molecule has 1 saturated carbocycles. The van der Waals surface area contributed by atoms with Gasteiger partial charge in [0.1, 0.15) is 12.2 Å². The van der Waals surface area contributed by atoms with Crippen molar-refractivity contribution in [2.75, 3.05) is 0 Å². The highest BCUT2D eigenvalue weighted by atomic mass is 16.8. The van der Waals surface area contributed by atoms with E-state index in [-0.39, 0.29) is 12.2 Å². The van der Waals surface area contributed by atoms with E-state index in [1.165, 1.54) is 0 Å². The fourth-order valence-electron chi connectivity index (χ4n) is 2.10. The molecule has 0 spiro atoms. The number of hydrogen-bond donors (Lipinski definition) is 2. The minimum absolute atomic E-state index is 0.0617. The lowest BCUT2D eigenvalue weighted by atomic mass is 9.90. The predicted octanol–water partition coefficient (Wildman–Crippen LogP) is 0.0221. The summed E-state index contributed by atoms with van der Waals surface area (Å²) in [6.45, 7) is 3.65. The van der Waals surface area contributed by atoms with E-state index >= 15 is 0 Å². The van der Waals surface area contributed by atoms with Gasteiger partial charge in [-0.3, -0.25) is 0 Å². The highest BCUT2D eigenvalue weighted by Gasteiger charge is 2.49. The van der Waals surface area contributed by atoms with Gasteiger partial charge >= 0.3 is 0 Å². The molecule has 76 valence electrons. The van der Waals surface area contributed by atoms with Gasteiger partial charge in [-0.15, -0.1) is 0 Å². The molecule has 13 heavy (non-hydrogen) atoms. The van der Waals surface area contributed by atoms with Crippen LogP contribution in [0.5, 0.6) is 0 Å². The fraction of sp³-hybridized carbons (Fsp3) is 1.00. The highest BCUT2D eigenvalue weighted by molar-refractivity contribution is 4.94. The fourth-order valence-corrected chi connectivity index (χ4v) is 2.10. The van der Waals surface area contributed by atoms with E-state index in [0.717, 1.165) is 6.42 Å².